The van der Waals surface area contributed by atoms with Crippen LogP contribution >= 0.6 is 0 Å². The van der Waals surface area contributed by atoms with Gasteiger partial charge in [0.2, 0.25) is 0 Å². The molecule has 0 aliphatic carbocycles. The predicted octanol–water partition coefficient (Wildman–Crippen LogP) is 1.87. The summed E-state index contributed by atoms with van der Waals surface area (Å²) in [5.41, 5.74) is 1.91. The van der Waals surface area contributed by atoms with Gasteiger partial charge in [-0.2, -0.15) is 0 Å². The van der Waals surface area contributed by atoms with Gasteiger partial charge in [-0.1, -0.05) is 6.07 Å². The molecule has 1 aliphatic heterocycles. The molecule has 0 unspecified atom stereocenters. The molecule has 1 fully saturated rings. The topological polar surface area (TPSA) is 91.3 Å². The fourth-order valence-corrected chi connectivity index (χ4v) is 2.91. The van der Waals surface area contributed by atoms with E-state index in [1.807, 2.05) is 0 Å². The quantitative estimate of drug-likeness (QED) is 0.756. The molecule has 0 spiro atoms. The molecular formula is C19H22N2O5. The molecular weight excluding hydrogens is 336 g/mol. The van der Waals surface area contributed by atoms with Crippen molar-refractivity contribution in [3.05, 3.63) is 47.5 Å². The first-order chi connectivity index (χ1) is 12.6. The lowest BCUT2D eigenvalue weighted by atomic mass is 10.1. The minimum atomic E-state index is -0.294. The summed E-state index contributed by atoms with van der Waals surface area (Å²) in [4.78, 5) is 14.7. The summed E-state index contributed by atoms with van der Waals surface area (Å²) < 4.78 is 10.4. The minimum Gasteiger partial charge on any atom is -0.508 e. The van der Waals surface area contributed by atoms with E-state index in [2.05, 4.69) is 10.2 Å². The van der Waals surface area contributed by atoms with Gasteiger partial charge < -0.3 is 29.9 Å². The van der Waals surface area contributed by atoms with Crippen molar-refractivity contribution < 1.29 is 24.5 Å². The third kappa shape index (κ3) is 4.00. The first kappa shape index (κ1) is 17.9. The average Bonchev–Trinajstić information content (AvgIpc) is 2.67. The van der Waals surface area contributed by atoms with Gasteiger partial charge in [0.25, 0.3) is 5.91 Å². The lowest BCUT2D eigenvalue weighted by Gasteiger charge is -2.30. The molecule has 0 saturated carbocycles. The molecule has 0 aromatic heterocycles. The van der Waals surface area contributed by atoms with Crippen LogP contribution < -0.4 is 15.0 Å². The Kier molecular flexibility index (Phi) is 5.48. The number of methoxy groups -OCH3 is 1. The number of hydrogen-bond acceptors (Lipinski definition) is 6. The number of carbonyl (C=O) groups excluding carboxylic acids is 1. The van der Waals surface area contributed by atoms with Gasteiger partial charge in [0.1, 0.15) is 5.75 Å². The number of anilines is 1. The fourth-order valence-electron chi connectivity index (χ4n) is 2.91. The molecule has 138 valence electrons. The molecule has 7 nitrogen and oxygen atoms in total. The van der Waals surface area contributed by atoms with Crippen LogP contribution in [0, 0.1) is 0 Å². The van der Waals surface area contributed by atoms with Gasteiger partial charge >= 0.3 is 0 Å². The summed E-state index contributed by atoms with van der Waals surface area (Å²) in [6.45, 7) is 2.84. The monoisotopic (exact) mass is 358 g/mol. The molecule has 3 rings (SSSR count). The van der Waals surface area contributed by atoms with Crippen LogP contribution in [-0.2, 0) is 11.3 Å². The van der Waals surface area contributed by atoms with E-state index >= 15 is 0 Å². The second-order valence-corrected chi connectivity index (χ2v) is 5.99. The van der Waals surface area contributed by atoms with E-state index in [1.165, 1.54) is 13.2 Å². The zero-order valence-electron chi connectivity index (χ0n) is 14.6. The van der Waals surface area contributed by atoms with Crippen LogP contribution in [0.5, 0.6) is 17.2 Å². The molecule has 0 bridgehead atoms. The number of nitrogens with one attached hydrogen (secondary N) is 1. The number of hydrogen-bond donors (Lipinski definition) is 3. The standard InChI is InChI=1S/C19H22N2O5/c1-25-18-5-2-13(10-17(18)23)12-20-19(24)15-11-14(22)3-4-16(15)21-6-8-26-9-7-21/h2-5,10-11,22-23H,6-9,12H2,1H3,(H,20,24). The molecule has 2 aromatic rings. The number of phenols is 2. The van der Waals surface area contributed by atoms with Crippen molar-refractivity contribution in [3.63, 3.8) is 0 Å². The number of nitrogens with zero attached hydrogens (tertiary/aromatic N) is 1. The molecule has 1 saturated heterocycles. The van der Waals surface area contributed by atoms with E-state index in [-0.39, 0.29) is 24.0 Å². The van der Waals surface area contributed by atoms with Crippen LogP contribution in [0.25, 0.3) is 0 Å². The fraction of sp³-hybridized carbons (Fsp3) is 0.316. The van der Waals surface area contributed by atoms with Gasteiger partial charge in [-0.3, -0.25) is 4.79 Å². The molecule has 0 atom stereocenters. The Balaban J connectivity index is 1.74. The highest BCUT2D eigenvalue weighted by Crippen LogP contribution is 2.27. The largest absolute Gasteiger partial charge is 0.508 e. The Labute approximate surface area is 151 Å². The SMILES string of the molecule is COc1ccc(CNC(=O)c2cc(O)ccc2N2CCOCC2)cc1O. The van der Waals surface area contributed by atoms with Crippen molar-refractivity contribution in [3.8, 4) is 17.2 Å². The van der Waals surface area contributed by atoms with E-state index < -0.39 is 0 Å². The molecule has 0 radical (unpaired) electrons. The van der Waals surface area contributed by atoms with Crippen molar-refractivity contribution in [1.82, 2.24) is 5.32 Å². The minimum absolute atomic E-state index is 0.0191. The van der Waals surface area contributed by atoms with Gasteiger partial charge in [0, 0.05) is 25.3 Å². The maximum absolute atomic E-state index is 12.7. The highest BCUT2D eigenvalue weighted by Gasteiger charge is 2.19. The second kappa shape index (κ2) is 7.97. The van der Waals surface area contributed by atoms with Crippen molar-refractivity contribution in [2.24, 2.45) is 0 Å². The van der Waals surface area contributed by atoms with Crippen molar-refractivity contribution in [2.75, 3.05) is 38.3 Å². The zero-order valence-corrected chi connectivity index (χ0v) is 14.6. The number of amides is 1. The van der Waals surface area contributed by atoms with E-state index in [0.29, 0.717) is 37.6 Å². The molecule has 7 heteroatoms. The van der Waals surface area contributed by atoms with Crippen LogP contribution in [0.4, 0.5) is 5.69 Å². The summed E-state index contributed by atoms with van der Waals surface area (Å²) in [6, 6.07) is 9.74. The number of ether oxygens (including phenoxy) is 2. The van der Waals surface area contributed by atoms with Gasteiger partial charge in [-0.25, -0.2) is 0 Å². The lowest BCUT2D eigenvalue weighted by molar-refractivity contribution is 0.0949. The maximum Gasteiger partial charge on any atom is 0.253 e. The summed E-state index contributed by atoms with van der Waals surface area (Å²) in [5, 5.41) is 22.5. The summed E-state index contributed by atoms with van der Waals surface area (Å²) in [7, 11) is 1.48. The lowest BCUT2D eigenvalue weighted by Crippen LogP contribution is -2.37. The molecule has 3 N–H and O–H groups in total. The summed E-state index contributed by atoms with van der Waals surface area (Å²) in [5.74, 6) is 0.139. The Bertz CT molecular complexity index is 787. The average molecular weight is 358 g/mol. The Hall–Kier alpha value is -2.93. The van der Waals surface area contributed by atoms with Crippen LogP contribution in [-0.4, -0.2) is 49.5 Å². The number of carbonyl (C=O) groups is 1. The Morgan fingerprint density at radius 1 is 1.19 bits per heavy atom. The van der Waals surface area contributed by atoms with Gasteiger partial charge in [-0.15, -0.1) is 0 Å². The molecule has 1 heterocycles. The molecule has 1 amide bonds. The van der Waals surface area contributed by atoms with E-state index in [0.717, 1.165) is 11.3 Å². The van der Waals surface area contributed by atoms with Crippen LogP contribution in [0.1, 0.15) is 15.9 Å². The zero-order chi connectivity index (χ0) is 18.5. The van der Waals surface area contributed by atoms with Gasteiger partial charge in [0.15, 0.2) is 11.5 Å². The number of rotatable bonds is 5. The highest BCUT2D eigenvalue weighted by molar-refractivity contribution is 6.00. The van der Waals surface area contributed by atoms with Crippen LogP contribution in [0.2, 0.25) is 0 Å². The predicted molar refractivity (Wildman–Crippen MR) is 97.0 cm³/mol. The van der Waals surface area contributed by atoms with E-state index in [9.17, 15) is 15.0 Å². The normalized spacial score (nSPS) is 14.1. The Morgan fingerprint density at radius 2 is 1.96 bits per heavy atom. The van der Waals surface area contributed by atoms with Crippen molar-refractivity contribution in [2.45, 2.75) is 6.54 Å². The first-order valence-electron chi connectivity index (χ1n) is 8.38. The third-order valence-electron chi connectivity index (χ3n) is 4.27. The second-order valence-electron chi connectivity index (χ2n) is 5.99. The smallest absolute Gasteiger partial charge is 0.253 e. The summed E-state index contributed by atoms with van der Waals surface area (Å²) >= 11 is 0. The van der Waals surface area contributed by atoms with Crippen molar-refractivity contribution >= 4 is 11.6 Å². The first-order valence-corrected chi connectivity index (χ1v) is 8.38. The third-order valence-corrected chi connectivity index (χ3v) is 4.27. The number of morpholine rings is 1. The molecule has 1 aliphatic rings. The molecule has 2 aromatic carbocycles. The van der Waals surface area contributed by atoms with E-state index in [4.69, 9.17) is 9.47 Å². The van der Waals surface area contributed by atoms with Gasteiger partial charge in [0.05, 0.1) is 25.9 Å². The van der Waals surface area contributed by atoms with Crippen LogP contribution in [0.15, 0.2) is 36.4 Å². The van der Waals surface area contributed by atoms with E-state index in [1.54, 1.807) is 30.3 Å². The maximum atomic E-state index is 12.7. The van der Waals surface area contributed by atoms with Gasteiger partial charge in [-0.05, 0) is 35.9 Å². The number of aromatic hydroxyl groups is 2. The number of benzene rings is 2. The van der Waals surface area contributed by atoms with Crippen molar-refractivity contribution in [1.29, 1.82) is 0 Å². The Morgan fingerprint density at radius 3 is 2.65 bits per heavy atom. The number of phenolic OH excluding ortho intramolecular Hbond substituents is 2. The summed E-state index contributed by atoms with van der Waals surface area (Å²) in [6.07, 6.45) is 0. The highest BCUT2D eigenvalue weighted by atomic mass is 16.5. The molecule has 26 heavy (non-hydrogen) atoms. The van der Waals surface area contributed by atoms with Crippen LogP contribution in [0.3, 0.4) is 0 Å².